The van der Waals surface area contributed by atoms with E-state index in [0.29, 0.717) is 0 Å². The number of carbonyl (C=O) groups excluding carboxylic acids is 2. The van der Waals surface area contributed by atoms with E-state index in [2.05, 4.69) is 10.3 Å². The normalized spacial score (nSPS) is 11.0. The van der Waals surface area contributed by atoms with Crippen LogP contribution in [-0.4, -0.2) is 31.9 Å². The van der Waals surface area contributed by atoms with Crippen LogP contribution in [0.3, 0.4) is 0 Å². The van der Waals surface area contributed by atoms with Crippen LogP contribution in [0.2, 0.25) is 10.2 Å². The number of carbonyl (C=O) groups is 2. The summed E-state index contributed by atoms with van der Waals surface area (Å²) in [4.78, 5) is 27.1. The number of rotatable bonds is 5. The summed E-state index contributed by atoms with van der Waals surface area (Å²) in [5.41, 5.74) is 0.210. The van der Waals surface area contributed by atoms with Crippen molar-refractivity contribution in [3.63, 3.8) is 0 Å². The first-order valence-corrected chi connectivity index (χ1v) is 8.88. The molecule has 0 atom stereocenters. The van der Waals surface area contributed by atoms with Gasteiger partial charge in [0.05, 0.1) is 15.5 Å². The molecule has 2 rings (SSSR count). The minimum Gasteiger partial charge on any atom is -0.452 e. The van der Waals surface area contributed by atoms with Gasteiger partial charge in [0.2, 0.25) is 10.0 Å². The first-order chi connectivity index (χ1) is 11.7. The molecule has 0 aliphatic rings. The fraction of sp³-hybridized carbons (Fsp3) is 0.0714. The second-order valence-electron chi connectivity index (χ2n) is 4.69. The van der Waals surface area contributed by atoms with Crippen molar-refractivity contribution in [3.8, 4) is 0 Å². The summed E-state index contributed by atoms with van der Waals surface area (Å²) in [5, 5.41) is 7.49. The fourth-order valence-electron chi connectivity index (χ4n) is 1.70. The summed E-state index contributed by atoms with van der Waals surface area (Å²) < 4.78 is 27.3. The Hall–Kier alpha value is -2.20. The third kappa shape index (κ3) is 5.40. The molecule has 1 aromatic heterocycles. The maximum absolute atomic E-state index is 11.8. The molecule has 25 heavy (non-hydrogen) atoms. The lowest BCUT2D eigenvalue weighted by Crippen LogP contribution is -2.21. The molecule has 11 heteroatoms. The quantitative estimate of drug-likeness (QED) is 0.578. The van der Waals surface area contributed by atoms with Crippen LogP contribution in [0.4, 0.5) is 5.69 Å². The van der Waals surface area contributed by atoms with Crippen LogP contribution in [0.15, 0.2) is 41.4 Å². The first-order valence-electron chi connectivity index (χ1n) is 6.57. The van der Waals surface area contributed by atoms with Crippen molar-refractivity contribution in [2.24, 2.45) is 5.14 Å². The molecule has 1 aromatic carbocycles. The maximum atomic E-state index is 11.8. The number of ether oxygens (including phenoxy) is 1. The molecule has 0 fully saturated rings. The van der Waals surface area contributed by atoms with Crippen molar-refractivity contribution in [1.82, 2.24) is 4.98 Å². The molecule has 8 nitrogen and oxygen atoms in total. The van der Waals surface area contributed by atoms with Gasteiger partial charge in [0.25, 0.3) is 5.91 Å². The standard InChI is InChI=1S/C14H11Cl2N3O5S/c15-11-4-8(6-18-13(11)16)14(21)24-7-12(20)19-9-2-1-3-10(5-9)25(17,22)23/h1-6H,7H2,(H,19,20)(H2,17,22,23). The lowest BCUT2D eigenvalue weighted by atomic mass is 10.3. The van der Waals surface area contributed by atoms with Crippen molar-refractivity contribution in [1.29, 1.82) is 0 Å². The number of halogens is 2. The highest BCUT2D eigenvalue weighted by Gasteiger charge is 2.14. The Labute approximate surface area is 152 Å². The van der Waals surface area contributed by atoms with Crippen molar-refractivity contribution in [3.05, 3.63) is 52.3 Å². The molecule has 0 saturated heterocycles. The Morgan fingerprint density at radius 2 is 1.96 bits per heavy atom. The molecule has 1 amide bonds. The van der Waals surface area contributed by atoms with E-state index in [-0.39, 0.29) is 26.3 Å². The zero-order valence-electron chi connectivity index (χ0n) is 12.4. The Kier molecular flexibility index (Phi) is 5.96. The van der Waals surface area contributed by atoms with Gasteiger partial charge in [0, 0.05) is 11.9 Å². The number of aromatic nitrogens is 1. The Balaban J connectivity index is 1.96. The van der Waals surface area contributed by atoms with Gasteiger partial charge >= 0.3 is 5.97 Å². The van der Waals surface area contributed by atoms with Crippen LogP contribution >= 0.6 is 23.2 Å². The number of nitrogens with one attached hydrogen (secondary N) is 1. The summed E-state index contributed by atoms with van der Waals surface area (Å²) in [7, 11) is -3.90. The van der Waals surface area contributed by atoms with Crippen molar-refractivity contribution >= 4 is 50.8 Å². The van der Waals surface area contributed by atoms with Gasteiger partial charge in [0.15, 0.2) is 6.61 Å². The fourth-order valence-corrected chi connectivity index (χ4v) is 2.52. The predicted molar refractivity (Wildman–Crippen MR) is 91.0 cm³/mol. The topological polar surface area (TPSA) is 128 Å². The molecule has 132 valence electrons. The van der Waals surface area contributed by atoms with Crippen LogP contribution in [0.5, 0.6) is 0 Å². The summed E-state index contributed by atoms with van der Waals surface area (Å²) in [6.07, 6.45) is 1.16. The molecule has 0 bridgehead atoms. The Morgan fingerprint density at radius 1 is 1.24 bits per heavy atom. The summed E-state index contributed by atoms with van der Waals surface area (Å²) in [6.45, 7) is -0.599. The van der Waals surface area contributed by atoms with Gasteiger partial charge in [-0.25, -0.2) is 23.3 Å². The number of nitrogens with zero attached hydrogens (tertiary/aromatic N) is 1. The number of benzene rings is 1. The SMILES string of the molecule is NS(=O)(=O)c1cccc(NC(=O)COC(=O)c2cnc(Cl)c(Cl)c2)c1. The molecule has 0 aliphatic carbocycles. The van der Waals surface area contributed by atoms with Gasteiger partial charge in [-0.05, 0) is 24.3 Å². The largest absolute Gasteiger partial charge is 0.452 e. The number of anilines is 1. The zero-order valence-corrected chi connectivity index (χ0v) is 14.7. The van der Waals surface area contributed by atoms with E-state index in [0.717, 1.165) is 6.20 Å². The molecule has 0 radical (unpaired) electrons. The van der Waals surface area contributed by atoms with E-state index in [1.165, 1.54) is 30.3 Å². The number of primary sulfonamides is 1. The molecule has 0 saturated carbocycles. The molecule has 2 aromatic rings. The van der Waals surface area contributed by atoms with Gasteiger partial charge in [-0.1, -0.05) is 29.3 Å². The lowest BCUT2D eigenvalue weighted by molar-refractivity contribution is -0.119. The number of sulfonamides is 1. The first kappa shape index (κ1) is 19.1. The summed E-state index contributed by atoms with van der Waals surface area (Å²) in [5.74, 6) is -1.49. The van der Waals surface area contributed by atoms with Crippen LogP contribution in [0.1, 0.15) is 10.4 Å². The number of hydrogen-bond acceptors (Lipinski definition) is 6. The highest BCUT2D eigenvalue weighted by molar-refractivity contribution is 7.89. The number of pyridine rings is 1. The molecular weight excluding hydrogens is 393 g/mol. The summed E-state index contributed by atoms with van der Waals surface area (Å²) in [6, 6.07) is 6.58. The van der Waals surface area contributed by atoms with E-state index >= 15 is 0 Å². The third-order valence-corrected chi connectivity index (χ3v) is 4.41. The van der Waals surface area contributed by atoms with E-state index in [1.54, 1.807) is 0 Å². The third-order valence-electron chi connectivity index (χ3n) is 2.81. The predicted octanol–water partition coefficient (Wildman–Crippen LogP) is 1.83. The van der Waals surface area contributed by atoms with Crippen LogP contribution in [0.25, 0.3) is 0 Å². The molecule has 0 spiro atoms. The summed E-state index contributed by atoms with van der Waals surface area (Å²) >= 11 is 11.4. The van der Waals surface area contributed by atoms with E-state index in [9.17, 15) is 18.0 Å². The van der Waals surface area contributed by atoms with Gasteiger partial charge in [0.1, 0.15) is 5.15 Å². The number of esters is 1. The minimum atomic E-state index is -3.90. The van der Waals surface area contributed by atoms with E-state index < -0.39 is 28.5 Å². The lowest BCUT2D eigenvalue weighted by Gasteiger charge is -2.08. The number of nitrogens with two attached hydrogens (primary N) is 1. The van der Waals surface area contributed by atoms with Crippen LogP contribution < -0.4 is 10.5 Å². The minimum absolute atomic E-state index is 0.0263. The average molecular weight is 404 g/mol. The molecule has 1 heterocycles. The maximum Gasteiger partial charge on any atom is 0.340 e. The van der Waals surface area contributed by atoms with E-state index in [1.807, 2.05) is 0 Å². The van der Waals surface area contributed by atoms with Crippen molar-refractivity contribution in [2.75, 3.05) is 11.9 Å². The molecular formula is C14H11Cl2N3O5S. The molecule has 3 N–H and O–H groups in total. The monoisotopic (exact) mass is 403 g/mol. The second kappa shape index (κ2) is 7.79. The number of amides is 1. The zero-order chi connectivity index (χ0) is 18.6. The Bertz CT molecular complexity index is 934. The van der Waals surface area contributed by atoms with Crippen LogP contribution in [-0.2, 0) is 19.6 Å². The molecule has 0 aliphatic heterocycles. The average Bonchev–Trinajstić information content (AvgIpc) is 2.54. The smallest absolute Gasteiger partial charge is 0.340 e. The molecule has 0 unspecified atom stereocenters. The van der Waals surface area contributed by atoms with Gasteiger partial charge in [-0.2, -0.15) is 0 Å². The van der Waals surface area contributed by atoms with Gasteiger partial charge in [-0.3, -0.25) is 4.79 Å². The highest BCUT2D eigenvalue weighted by Crippen LogP contribution is 2.20. The van der Waals surface area contributed by atoms with Crippen molar-refractivity contribution < 1.29 is 22.7 Å². The van der Waals surface area contributed by atoms with Gasteiger partial charge < -0.3 is 10.1 Å². The van der Waals surface area contributed by atoms with E-state index in [4.69, 9.17) is 33.1 Å². The highest BCUT2D eigenvalue weighted by atomic mass is 35.5. The van der Waals surface area contributed by atoms with Crippen molar-refractivity contribution in [2.45, 2.75) is 4.90 Å². The van der Waals surface area contributed by atoms with Crippen LogP contribution in [0, 0.1) is 0 Å². The second-order valence-corrected chi connectivity index (χ2v) is 7.02. The Morgan fingerprint density at radius 3 is 2.60 bits per heavy atom. The van der Waals surface area contributed by atoms with Gasteiger partial charge in [-0.15, -0.1) is 0 Å². The number of hydrogen-bond donors (Lipinski definition) is 2.